The van der Waals surface area contributed by atoms with Crippen LogP contribution in [0.5, 0.6) is 0 Å². The Kier molecular flexibility index (Phi) is 3.97. The summed E-state index contributed by atoms with van der Waals surface area (Å²) in [5, 5.41) is 9.67. The minimum atomic E-state index is -0.757. The lowest BCUT2D eigenvalue weighted by atomic mass is 9.86. The van der Waals surface area contributed by atoms with Crippen LogP contribution in [0.25, 0.3) is 0 Å². The van der Waals surface area contributed by atoms with Gasteiger partial charge in [0.2, 0.25) is 0 Å². The third-order valence-corrected chi connectivity index (χ3v) is 4.21. The van der Waals surface area contributed by atoms with Gasteiger partial charge in [0, 0.05) is 4.90 Å². The number of thioether (sulfide) groups is 1. The fourth-order valence-electron chi connectivity index (χ4n) is 1.75. The number of aliphatic carboxylic acids is 1. The molecular formula is C14H18O3S. The van der Waals surface area contributed by atoms with Crippen molar-refractivity contribution in [2.24, 2.45) is 5.41 Å². The summed E-state index contributed by atoms with van der Waals surface area (Å²) in [6, 6.07) is 8.17. The van der Waals surface area contributed by atoms with Crippen molar-refractivity contribution in [3.63, 3.8) is 0 Å². The number of carboxylic acids is 1. The third kappa shape index (κ3) is 3.27. The Balaban J connectivity index is 1.96. The lowest BCUT2D eigenvalue weighted by Crippen LogP contribution is -2.30. The quantitative estimate of drug-likeness (QED) is 0.890. The van der Waals surface area contributed by atoms with Crippen molar-refractivity contribution in [3.05, 3.63) is 29.8 Å². The predicted molar refractivity (Wildman–Crippen MR) is 72.0 cm³/mol. The van der Waals surface area contributed by atoms with Gasteiger partial charge in [-0.25, -0.2) is 0 Å². The molecule has 0 radical (unpaired) electrons. The van der Waals surface area contributed by atoms with Crippen LogP contribution < -0.4 is 0 Å². The Morgan fingerprint density at radius 2 is 2.00 bits per heavy atom. The van der Waals surface area contributed by atoms with Crippen LogP contribution in [0.4, 0.5) is 0 Å². The van der Waals surface area contributed by atoms with Crippen molar-refractivity contribution in [1.29, 1.82) is 0 Å². The summed E-state index contributed by atoms with van der Waals surface area (Å²) in [7, 11) is 0. The van der Waals surface area contributed by atoms with Crippen LogP contribution in [-0.4, -0.2) is 29.5 Å². The summed E-state index contributed by atoms with van der Waals surface area (Å²) in [4.78, 5) is 12.3. The maximum Gasteiger partial charge on any atom is 0.309 e. The Hall–Kier alpha value is -1.00. The van der Waals surface area contributed by atoms with E-state index in [-0.39, 0.29) is 0 Å². The van der Waals surface area contributed by atoms with E-state index in [1.165, 1.54) is 4.90 Å². The topological polar surface area (TPSA) is 46.5 Å². The van der Waals surface area contributed by atoms with Gasteiger partial charge < -0.3 is 9.84 Å². The Labute approximate surface area is 112 Å². The second-order valence-corrected chi connectivity index (χ2v) is 6.66. The third-order valence-electron chi connectivity index (χ3n) is 3.06. The molecule has 0 aliphatic carbocycles. The lowest BCUT2D eigenvalue weighted by Gasteiger charge is -2.25. The zero-order valence-corrected chi connectivity index (χ0v) is 11.5. The van der Waals surface area contributed by atoms with E-state index in [0.29, 0.717) is 11.7 Å². The van der Waals surface area contributed by atoms with E-state index in [9.17, 15) is 4.79 Å². The molecule has 0 amide bonds. The number of benzene rings is 1. The number of ether oxygens (including phenoxy) is 1. The molecule has 0 spiro atoms. The lowest BCUT2D eigenvalue weighted by molar-refractivity contribution is -0.146. The van der Waals surface area contributed by atoms with Crippen LogP contribution >= 0.6 is 11.8 Å². The summed E-state index contributed by atoms with van der Waals surface area (Å²) < 4.78 is 5.14. The van der Waals surface area contributed by atoms with E-state index < -0.39 is 11.4 Å². The van der Waals surface area contributed by atoms with Gasteiger partial charge in [0.15, 0.2) is 0 Å². The first-order valence-corrected chi connectivity index (χ1v) is 6.92. The van der Waals surface area contributed by atoms with Crippen molar-refractivity contribution in [3.8, 4) is 0 Å². The number of hydrogen-bond donors (Lipinski definition) is 1. The highest BCUT2D eigenvalue weighted by Gasteiger charge is 2.27. The molecule has 1 aliphatic rings. The standard InChI is InChI=1S/C14H18O3S/c1-14(2,13(15)16)7-10-3-5-11(6-4-10)18-12-8-17-9-12/h3-6,12H,7-9H2,1-2H3,(H,15,16). The second-order valence-electron chi connectivity index (χ2n) is 5.29. The molecule has 0 saturated carbocycles. The van der Waals surface area contributed by atoms with Crippen molar-refractivity contribution in [2.75, 3.05) is 13.2 Å². The minimum absolute atomic E-state index is 0.555. The molecule has 4 heteroatoms. The van der Waals surface area contributed by atoms with Gasteiger partial charge in [-0.1, -0.05) is 12.1 Å². The molecule has 2 rings (SSSR count). The molecule has 98 valence electrons. The first-order chi connectivity index (χ1) is 8.47. The van der Waals surface area contributed by atoms with Gasteiger partial charge in [-0.3, -0.25) is 4.79 Å². The number of carbonyl (C=O) groups is 1. The number of carboxylic acid groups (broad SMARTS) is 1. The highest BCUT2D eigenvalue weighted by Crippen LogP contribution is 2.29. The fourth-order valence-corrected chi connectivity index (χ4v) is 2.75. The van der Waals surface area contributed by atoms with Crippen molar-refractivity contribution < 1.29 is 14.6 Å². The molecule has 1 aromatic rings. The van der Waals surface area contributed by atoms with Crippen LogP contribution in [0, 0.1) is 5.41 Å². The first kappa shape index (κ1) is 13.4. The van der Waals surface area contributed by atoms with Crippen molar-refractivity contribution in [1.82, 2.24) is 0 Å². The Bertz CT molecular complexity index is 421. The zero-order chi connectivity index (χ0) is 13.2. The number of hydrogen-bond acceptors (Lipinski definition) is 3. The van der Waals surface area contributed by atoms with Gasteiger partial charge in [-0.2, -0.15) is 0 Å². The van der Waals surface area contributed by atoms with Crippen molar-refractivity contribution in [2.45, 2.75) is 30.4 Å². The predicted octanol–water partition coefficient (Wildman–Crippen LogP) is 2.83. The smallest absolute Gasteiger partial charge is 0.309 e. The summed E-state index contributed by atoms with van der Waals surface area (Å²) >= 11 is 1.82. The average molecular weight is 266 g/mol. The van der Waals surface area contributed by atoms with Crippen LogP contribution in [0.1, 0.15) is 19.4 Å². The van der Waals surface area contributed by atoms with Gasteiger partial charge in [0.1, 0.15) is 0 Å². The first-order valence-electron chi connectivity index (χ1n) is 6.04. The fraction of sp³-hybridized carbons (Fsp3) is 0.500. The maximum atomic E-state index is 11.1. The molecule has 18 heavy (non-hydrogen) atoms. The highest BCUT2D eigenvalue weighted by molar-refractivity contribution is 8.00. The summed E-state index contributed by atoms with van der Waals surface area (Å²) in [5.41, 5.74) is 0.354. The summed E-state index contributed by atoms with van der Waals surface area (Å²) in [5.74, 6) is -0.757. The molecule has 0 atom stereocenters. The van der Waals surface area contributed by atoms with Gasteiger partial charge >= 0.3 is 5.97 Å². The van der Waals surface area contributed by atoms with E-state index in [1.807, 2.05) is 23.9 Å². The SMILES string of the molecule is CC(C)(Cc1ccc(SC2COC2)cc1)C(=O)O. The largest absolute Gasteiger partial charge is 0.481 e. The van der Waals surface area contributed by atoms with Gasteiger partial charge in [-0.05, 0) is 38.0 Å². The average Bonchev–Trinajstić information content (AvgIpc) is 2.25. The molecule has 0 unspecified atom stereocenters. The Morgan fingerprint density at radius 1 is 1.39 bits per heavy atom. The molecule has 1 aliphatic heterocycles. The Morgan fingerprint density at radius 3 is 2.44 bits per heavy atom. The molecule has 0 bridgehead atoms. The van der Waals surface area contributed by atoms with Crippen molar-refractivity contribution >= 4 is 17.7 Å². The molecule has 1 N–H and O–H groups in total. The van der Waals surface area contributed by atoms with E-state index >= 15 is 0 Å². The monoisotopic (exact) mass is 266 g/mol. The van der Waals surface area contributed by atoms with Crippen LogP contribution in [0.15, 0.2) is 29.2 Å². The summed E-state index contributed by atoms with van der Waals surface area (Å²) in [6.45, 7) is 5.17. The van der Waals surface area contributed by atoms with Gasteiger partial charge in [-0.15, -0.1) is 11.8 Å². The zero-order valence-electron chi connectivity index (χ0n) is 10.7. The highest BCUT2D eigenvalue weighted by atomic mass is 32.2. The van der Waals surface area contributed by atoms with E-state index in [2.05, 4.69) is 12.1 Å². The normalized spacial score (nSPS) is 16.3. The van der Waals surface area contributed by atoms with Crippen LogP contribution in [0.2, 0.25) is 0 Å². The molecule has 1 aromatic carbocycles. The molecule has 0 aromatic heterocycles. The maximum absolute atomic E-state index is 11.1. The number of rotatable bonds is 5. The van der Waals surface area contributed by atoms with E-state index in [4.69, 9.17) is 9.84 Å². The molecule has 1 heterocycles. The summed E-state index contributed by atoms with van der Waals surface area (Å²) in [6.07, 6.45) is 0.555. The van der Waals surface area contributed by atoms with Gasteiger partial charge in [0.05, 0.1) is 23.9 Å². The van der Waals surface area contributed by atoms with Crippen LogP contribution in [-0.2, 0) is 16.0 Å². The molecule has 1 saturated heterocycles. The molecule has 3 nitrogen and oxygen atoms in total. The van der Waals surface area contributed by atoms with Crippen LogP contribution in [0.3, 0.4) is 0 Å². The molecule has 1 fully saturated rings. The molecular weight excluding hydrogens is 248 g/mol. The van der Waals surface area contributed by atoms with E-state index in [1.54, 1.807) is 13.8 Å². The van der Waals surface area contributed by atoms with Gasteiger partial charge in [0.25, 0.3) is 0 Å². The second kappa shape index (κ2) is 5.33. The minimum Gasteiger partial charge on any atom is -0.481 e. The van der Waals surface area contributed by atoms with E-state index in [0.717, 1.165) is 18.8 Å².